The molecule has 2 saturated heterocycles. The van der Waals surface area contributed by atoms with Crippen molar-refractivity contribution in [2.45, 2.75) is 12.8 Å². The molecule has 0 bridgehead atoms. The molecule has 0 aliphatic carbocycles. The fraction of sp³-hybridized carbons (Fsp3) is 0.550. The second-order valence-corrected chi connectivity index (χ2v) is 7.05. The van der Waals surface area contributed by atoms with E-state index in [1.807, 2.05) is 29.2 Å². The van der Waals surface area contributed by atoms with Gasteiger partial charge in [-0.3, -0.25) is 9.59 Å². The fourth-order valence-corrected chi connectivity index (χ4v) is 3.89. The summed E-state index contributed by atoms with van der Waals surface area (Å²) >= 11 is 0. The third-order valence-corrected chi connectivity index (χ3v) is 5.35. The van der Waals surface area contributed by atoms with E-state index in [9.17, 15) is 14.9 Å². The van der Waals surface area contributed by atoms with Crippen LogP contribution in [0.25, 0.3) is 0 Å². The monoisotopic (exact) mass is 370 g/mol. The molecule has 0 aromatic heterocycles. The third kappa shape index (κ3) is 4.40. The van der Waals surface area contributed by atoms with E-state index in [-0.39, 0.29) is 24.3 Å². The van der Waals surface area contributed by atoms with Crippen molar-refractivity contribution >= 4 is 17.5 Å². The van der Waals surface area contributed by atoms with Gasteiger partial charge < -0.3 is 19.4 Å². The lowest BCUT2D eigenvalue weighted by Gasteiger charge is -2.40. The molecular formula is C20H26N4O3. The van der Waals surface area contributed by atoms with Gasteiger partial charge in [0.15, 0.2) is 0 Å². The van der Waals surface area contributed by atoms with Gasteiger partial charge in [0.05, 0.1) is 17.2 Å². The van der Waals surface area contributed by atoms with Gasteiger partial charge in [-0.25, -0.2) is 0 Å². The predicted molar refractivity (Wildman–Crippen MR) is 101 cm³/mol. The number of rotatable bonds is 4. The van der Waals surface area contributed by atoms with E-state index in [1.54, 1.807) is 4.90 Å². The summed E-state index contributed by atoms with van der Waals surface area (Å²) < 4.78 is 4.93. The van der Waals surface area contributed by atoms with Crippen LogP contribution in [-0.4, -0.2) is 74.6 Å². The number of nitrogens with zero attached hydrogens (tertiary/aromatic N) is 4. The Morgan fingerprint density at radius 3 is 2.59 bits per heavy atom. The van der Waals surface area contributed by atoms with Crippen LogP contribution in [-0.2, 0) is 14.3 Å². The minimum Gasteiger partial charge on any atom is -0.375 e. The largest absolute Gasteiger partial charge is 0.375 e. The zero-order valence-corrected chi connectivity index (χ0v) is 15.8. The fourth-order valence-electron chi connectivity index (χ4n) is 3.89. The highest BCUT2D eigenvalue weighted by Gasteiger charge is 2.32. The van der Waals surface area contributed by atoms with Gasteiger partial charge in [-0.05, 0) is 25.0 Å². The van der Waals surface area contributed by atoms with Crippen LogP contribution in [0.2, 0.25) is 0 Å². The van der Waals surface area contributed by atoms with E-state index < -0.39 is 0 Å². The van der Waals surface area contributed by atoms with Crippen molar-refractivity contribution in [2.75, 3.05) is 57.9 Å². The standard InChI is InChI=1S/C20H26N4O3/c1-27-15-19(25)24-8-4-6-17(14-24)20(26)23-11-9-22(10-12-23)18-7-3-2-5-16(18)13-21/h2-3,5,7,17H,4,6,8-12,14-15H2,1H3/t17-/m1/s1. The van der Waals surface area contributed by atoms with Gasteiger partial charge in [0, 0.05) is 46.4 Å². The Morgan fingerprint density at radius 2 is 1.89 bits per heavy atom. The first-order valence-electron chi connectivity index (χ1n) is 9.43. The van der Waals surface area contributed by atoms with Gasteiger partial charge in [0.1, 0.15) is 12.7 Å². The Kier molecular flexibility index (Phi) is 6.30. The maximum Gasteiger partial charge on any atom is 0.248 e. The summed E-state index contributed by atoms with van der Waals surface area (Å²) in [5, 5.41) is 9.29. The van der Waals surface area contributed by atoms with Crippen LogP contribution >= 0.6 is 0 Å². The number of likely N-dealkylation sites (tertiary alicyclic amines) is 1. The lowest BCUT2D eigenvalue weighted by molar-refractivity contribution is -0.142. The number of piperazine rings is 1. The number of para-hydroxylation sites is 1. The van der Waals surface area contributed by atoms with E-state index in [2.05, 4.69) is 11.0 Å². The maximum absolute atomic E-state index is 12.9. The molecule has 0 radical (unpaired) electrons. The summed E-state index contributed by atoms with van der Waals surface area (Å²) in [6.45, 7) is 3.95. The van der Waals surface area contributed by atoms with Crippen molar-refractivity contribution in [2.24, 2.45) is 5.92 Å². The Morgan fingerprint density at radius 1 is 1.15 bits per heavy atom. The molecule has 0 spiro atoms. The number of methoxy groups -OCH3 is 1. The Balaban J connectivity index is 1.57. The van der Waals surface area contributed by atoms with Crippen LogP contribution in [0, 0.1) is 17.2 Å². The molecule has 1 aromatic rings. The minimum absolute atomic E-state index is 0.0482. The van der Waals surface area contributed by atoms with E-state index in [0.29, 0.717) is 44.8 Å². The summed E-state index contributed by atoms with van der Waals surface area (Å²) in [6.07, 6.45) is 1.68. The van der Waals surface area contributed by atoms with Crippen molar-refractivity contribution < 1.29 is 14.3 Å². The molecule has 3 rings (SSSR count). The summed E-state index contributed by atoms with van der Waals surface area (Å²) in [5.74, 6) is -0.0384. The van der Waals surface area contributed by atoms with Crippen molar-refractivity contribution in [3.05, 3.63) is 29.8 Å². The molecule has 1 atom stereocenters. The number of amides is 2. The smallest absolute Gasteiger partial charge is 0.248 e. The molecule has 2 aliphatic rings. The summed E-state index contributed by atoms with van der Waals surface area (Å²) in [6, 6.07) is 9.80. The molecule has 1 aromatic carbocycles. The number of carbonyl (C=O) groups excluding carboxylic acids is 2. The highest BCUT2D eigenvalue weighted by Crippen LogP contribution is 2.23. The van der Waals surface area contributed by atoms with Crippen LogP contribution in [0.15, 0.2) is 24.3 Å². The summed E-state index contributed by atoms with van der Waals surface area (Å²) in [5.41, 5.74) is 1.60. The molecule has 7 heteroatoms. The SMILES string of the molecule is COCC(=O)N1CCC[C@@H](C(=O)N2CCN(c3ccccc3C#N)CC2)C1. The normalized spacial score (nSPS) is 20.3. The molecule has 7 nitrogen and oxygen atoms in total. The lowest BCUT2D eigenvalue weighted by Crippen LogP contribution is -2.53. The molecule has 0 N–H and O–H groups in total. The number of benzene rings is 1. The maximum atomic E-state index is 12.9. The molecule has 2 heterocycles. The number of carbonyl (C=O) groups is 2. The minimum atomic E-state index is -0.127. The molecule has 144 valence electrons. The number of ether oxygens (including phenoxy) is 1. The Labute approximate surface area is 160 Å². The third-order valence-electron chi connectivity index (χ3n) is 5.35. The highest BCUT2D eigenvalue weighted by molar-refractivity contribution is 5.82. The topological polar surface area (TPSA) is 76.9 Å². The Bertz CT molecular complexity index is 722. The predicted octanol–water partition coefficient (Wildman–Crippen LogP) is 1.09. The van der Waals surface area contributed by atoms with E-state index in [0.717, 1.165) is 18.5 Å². The number of hydrogen-bond donors (Lipinski definition) is 0. The zero-order valence-electron chi connectivity index (χ0n) is 15.8. The van der Waals surface area contributed by atoms with Gasteiger partial charge in [-0.15, -0.1) is 0 Å². The first kappa shape index (κ1) is 19.2. The van der Waals surface area contributed by atoms with Crippen molar-refractivity contribution in [3.8, 4) is 6.07 Å². The second kappa shape index (κ2) is 8.87. The van der Waals surface area contributed by atoms with E-state index >= 15 is 0 Å². The van der Waals surface area contributed by atoms with E-state index in [4.69, 9.17) is 4.74 Å². The van der Waals surface area contributed by atoms with Crippen molar-refractivity contribution in [3.63, 3.8) is 0 Å². The van der Waals surface area contributed by atoms with Crippen LogP contribution in [0.3, 0.4) is 0 Å². The average Bonchev–Trinajstić information content (AvgIpc) is 2.73. The van der Waals surface area contributed by atoms with Crippen LogP contribution in [0.4, 0.5) is 5.69 Å². The number of anilines is 1. The summed E-state index contributed by atoms with van der Waals surface area (Å²) in [4.78, 5) is 30.8. The van der Waals surface area contributed by atoms with Gasteiger partial charge in [-0.2, -0.15) is 5.26 Å². The van der Waals surface area contributed by atoms with Crippen LogP contribution in [0.1, 0.15) is 18.4 Å². The molecule has 2 amide bonds. The van der Waals surface area contributed by atoms with Crippen LogP contribution < -0.4 is 4.90 Å². The number of hydrogen-bond acceptors (Lipinski definition) is 5. The first-order chi connectivity index (χ1) is 13.1. The average molecular weight is 370 g/mol. The summed E-state index contributed by atoms with van der Waals surface area (Å²) in [7, 11) is 1.51. The molecule has 0 saturated carbocycles. The molecular weight excluding hydrogens is 344 g/mol. The lowest BCUT2D eigenvalue weighted by atomic mass is 9.96. The molecule has 27 heavy (non-hydrogen) atoms. The number of piperidine rings is 1. The van der Waals surface area contributed by atoms with Crippen molar-refractivity contribution in [1.82, 2.24) is 9.80 Å². The quantitative estimate of drug-likeness (QED) is 0.793. The second-order valence-electron chi connectivity index (χ2n) is 7.05. The molecule has 2 aliphatic heterocycles. The van der Waals surface area contributed by atoms with Crippen molar-refractivity contribution in [1.29, 1.82) is 5.26 Å². The van der Waals surface area contributed by atoms with Crippen LogP contribution in [0.5, 0.6) is 0 Å². The van der Waals surface area contributed by atoms with Gasteiger partial charge in [0.2, 0.25) is 11.8 Å². The Hall–Kier alpha value is -2.59. The zero-order chi connectivity index (χ0) is 19.2. The van der Waals surface area contributed by atoms with Gasteiger partial charge >= 0.3 is 0 Å². The first-order valence-corrected chi connectivity index (χ1v) is 9.43. The van der Waals surface area contributed by atoms with E-state index in [1.165, 1.54) is 7.11 Å². The van der Waals surface area contributed by atoms with Gasteiger partial charge in [0.25, 0.3) is 0 Å². The highest BCUT2D eigenvalue weighted by atomic mass is 16.5. The van der Waals surface area contributed by atoms with Gasteiger partial charge in [-0.1, -0.05) is 12.1 Å². The molecule has 0 unspecified atom stereocenters. The number of nitriles is 1. The molecule has 2 fully saturated rings.